The number of piperidine rings is 1. The van der Waals surface area contributed by atoms with Crippen LogP contribution in [0.25, 0.3) is 0 Å². The first kappa shape index (κ1) is 20.9. The van der Waals surface area contributed by atoms with Gasteiger partial charge in [0.05, 0.1) is 4.88 Å². The van der Waals surface area contributed by atoms with E-state index in [1.165, 1.54) is 35.3 Å². The molecule has 0 bridgehead atoms. The van der Waals surface area contributed by atoms with Gasteiger partial charge in [-0.05, 0) is 73.5 Å². The lowest BCUT2D eigenvalue weighted by Gasteiger charge is -2.41. The third kappa shape index (κ3) is 4.86. The quantitative estimate of drug-likeness (QED) is 0.656. The van der Waals surface area contributed by atoms with Crippen molar-refractivity contribution in [1.29, 1.82) is 0 Å². The number of hydrogen-bond donors (Lipinski definition) is 0. The van der Waals surface area contributed by atoms with Crippen molar-refractivity contribution in [3.05, 3.63) is 58.0 Å². The van der Waals surface area contributed by atoms with E-state index in [9.17, 15) is 9.18 Å². The number of rotatable bonds is 6. The first-order chi connectivity index (χ1) is 14.1. The zero-order valence-electron chi connectivity index (χ0n) is 16.9. The fraction of sp³-hybridized carbons (Fsp3) is 0.522. The Balaban J connectivity index is 1.50. The van der Waals surface area contributed by atoms with Crippen LogP contribution in [0.1, 0.15) is 34.5 Å². The highest BCUT2D eigenvalue weighted by Crippen LogP contribution is 2.31. The number of carbonyl (C=O) groups excluding carboxylic acids is 1. The SMILES string of the molecule is CN(C(=O)c1cccs1)[C@@H](Cc1ccccc1F)C1CCN([C@@H]2CCSC2)CC1. The van der Waals surface area contributed by atoms with Gasteiger partial charge < -0.3 is 4.90 Å². The van der Waals surface area contributed by atoms with Gasteiger partial charge >= 0.3 is 0 Å². The van der Waals surface area contributed by atoms with Crippen LogP contribution in [-0.2, 0) is 6.42 Å². The smallest absolute Gasteiger partial charge is 0.263 e. The zero-order chi connectivity index (χ0) is 20.2. The van der Waals surface area contributed by atoms with E-state index in [0.29, 0.717) is 17.9 Å². The molecule has 2 saturated heterocycles. The zero-order valence-corrected chi connectivity index (χ0v) is 18.6. The lowest BCUT2D eigenvalue weighted by Crippen LogP contribution is -2.49. The molecule has 29 heavy (non-hydrogen) atoms. The van der Waals surface area contributed by atoms with Gasteiger partial charge in [-0.3, -0.25) is 9.69 Å². The molecule has 4 rings (SSSR count). The fourth-order valence-electron chi connectivity index (χ4n) is 4.71. The minimum absolute atomic E-state index is 0.0154. The van der Waals surface area contributed by atoms with E-state index in [2.05, 4.69) is 16.7 Å². The molecule has 3 heterocycles. The Bertz CT molecular complexity index is 799. The van der Waals surface area contributed by atoms with Crippen molar-refractivity contribution < 1.29 is 9.18 Å². The van der Waals surface area contributed by atoms with E-state index in [0.717, 1.165) is 36.9 Å². The molecule has 0 unspecified atom stereocenters. The molecule has 0 aliphatic carbocycles. The van der Waals surface area contributed by atoms with E-state index < -0.39 is 0 Å². The van der Waals surface area contributed by atoms with E-state index in [1.54, 1.807) is 6.07 Å². The average molecular weight is 433 g/mol. The third-order valence-electron chi connectivity index (χ3n) is 6.48. The maximum atomic E-state index is 14.4. The van der Waals surface area contributed by atoms with E-state index in [1.807, 2.05) is 41.6 Å². The number of thiophene rings is 1. The van der Waals surface area contributed by atoms with E-state index in [-0.39, 0.29) is 17.8 Å². The number of hydrogen-bond acceptors (Lipinski definition) is 4. The highest BCUT2D eigenvalue weighted by atomic mass is 32.2. The Labute approximate surface area is 181 Å². The molecule has 2 aliphatic rings. The predicted molar refractivity (Wildman–Crippen MR) is 120 cm³/mol. The number of likely N-dealkylation sites (N-methyl/N-ethyl adjacent to an activating group) is 1. The first-order valence-electron chi connectivity index (χ1n) is 10.5. The molecule has 2 fully saturated rings. The number of halogens is 1. The Morgan fingerprint density at radius 3 is 2.66 bits per heavy atom. The Hall–Kier alpha value is -1.37. The molecule has 2 atom stereocenters. The van der Waals surface area contributed by atoms with Crippen molar-refractivity contribution in [2.24, 2.45) is 5.92 Å². The summed E-state index contributed by atoms with van der Waals surface area (Å²) in [5, 5.41) is 1.94. The summed E-state index contributed by atoms with van der Waals surface area (Å²) in [6.45, 7) is 2.18. The third-order valence-corrected chi connectivity index (χ3v) is 8.48. The molecule has 0 radical (unpaired) electrons. The number of carbonyl (C=O) groups is 1. The molecule has 6 heteroatoms. The summed E-state index contributed by atoms with van der Waals surface area (Å²) in [7, 11) is 1.90. The second kappa shape index (κ2) is 9.63. The van der Waals surface area contributed by atoms with Gasteiger partial charge in [0.2, 0.25) is 0 Å². The molecule has 1 amide bonds. The normalized spacial score (nSPS) is 21.9. The lowest BCUT2D eigenvalue weighted by atomic mass is 9.84. The van der Waals surface area contributed by atoms with E-state index in [4.69, 9.17) is 0 Å². The summed E-state index contributed by atoms with van der Waals surface area (Å²) in [5.74, 6) is 2.80. The Morgan fingerprint density at radius 1 is 1.21 bits per heavy atom. The lowest BCUT2D eigenvalue weighted by molar-refractivity contribution is 0.0560. The summed E-state index contributed by atoms with van der Waals surface area (Å²) >= 11 is 3.53. The standard InChI is InChI=1S/C23H29FN2OS2/c1-25(23(27)22-7-4-13-29-22)21(15-18-5-2-3-6-20(18)24)17-8-11-26(12-9-17)19-10-14-28-16-19/h2-7,13,17,19,21H,8-12,14-16H2,1H3/t19-,21+/m1/s1. The van der Waals surface area contributed by atoms with Crippen LogP contribution in [-0.4, -0.2) is 59.4 Å². The number of thioether (sulfide) groups is 1. The number of benzene rings is 1. The number of likely N-dealkylation sites (tertiary alicyclic amines) is 1. The van der Waals surface area contributed by atoms with Crippen molar-refractivity contribution in [2.45, 2.75) is 37.8 Å². The second-order valence-corrected chi connectivity index (χ2v) is 10.2. The number of amides is 1. The van der Waals surface area contributed by atoms with Crippen molar-refractivity contribution in [3.63, 3.8) is 0 Å². The maximum Gasteiger partial charge on any atom is 0.263 e. The van der Waals surface area contributed by atoms with E-state index >= 15 is 0 Å². The Morgan fingerprint density at radius 2 is 2.00 bits per heavy atom. The van der Waals surface area contributed by atoms with Gasteiger partial charge in [-0.25, -0.2) is 4.39 Å². The minimum Gasteiger partial charge on any atom is -0.337 e. The predicted octanol–water partition coefficient (Wildman–Crippen LogP) is 4.79. The summed E-state index contributed by atoms with van der Waals surface area (Å²) in [5.41, 5.74) is 0.706. The molecule has 0 N–H and O–H groups in total. The summed E-state index contributed by atoms with van der Waals surface area (Å²) < 4.78 is 14.4. The molecule has 3 nitrogen and oxygen atoms in total. The van der Waals surface area contributed by atoms with Crippen LogP contribution < -0.4 is 0 Å². The molecular weight excluding hydrogens is 403 g/mol. The Kier molecular flexibility index (Phi) is 6.93. The van der Waals surface area contributed by atoms with Gasteiger partial charge in [0.1, 0.15) is 5.82 Å². The minimum atomic E-state index is -0.171. The molecule has 1 aromatic carbocycles. The van der Waals surface area contributed by atoms with Crippen molar-refractivity contribution in [2.75, 3.05) is 31.6 Å². The van der Waals surface area contributed by atoms with Crippen LogP contribution in [0.15, 0.2) is 41.8 Å². The molecule has 156 valence electrons. The van der Waals surface area contributed by atoms with Gasteiger partial charge in [-0.15, -0.1) is 11.3 Å². The molecule has 2 aliphatic heterocycles. The number of nitrogens with zero attached hydrogens (tertiary/aromatic N) is 2. The molecule has 0 spiro atoms. The molecule has 0 saturated carbocycles. The fourth-order valence-corrected chi connectivity index (χ4v) is 6.67. The largest absolute Gasteiger partial charge is 0.337 e. The monoisotopic (exact) mass is 432 g/mol. The van der Waals surface area contributed by atoms with Crippen LogP contribution in [0.4, 0.5) is 4.39 Å². The van der Waals surface area contributed by atoms with Crippen molar-refractivity contribution in [1.82, 2.24) is 9.80 Å². The molecular formula is C23H29FN2OS2. The van der Waals surface area contributed by atoms with Crippen LogP contribution in [0.3, 0.4) is 0 Å². The van der Waals surface area contributed by atoms with Crippen molar-refractivity contribution in [3.8, 4) is 0 Å². The van der Waals surface area contributed by atoms with Crippen LogP contribution in [0.2, 0.25) is 0 Å². The summed E-state index contributed by atoms with van der Waals surface area (Å²) in [6, 6.07) is 11.5. The molecule has 1 aromatic heterocycles. The average Bonchev–Trinajstić information content (AvgIpc) is 3.47. The molecule has 2 aromatic rings. The maximum absolute atomic E-state index is 14.4. The van der Waals surface area contributed by atoms with Crippen LogP contribution >= 0.6 is 23.1 Å². The topological polar surface area (TPSA) is 23.6 Å². The first-order valence-corrected chi connectivity index (χ1v) is 12.5. The second-order valence-electron chi connectivity index (χ2n) is 8.15. The summed E-state index contributed by atoms with van der Waals surface area (Å²) in [4.78, 5) is 18.3. The highest BCUT2D eigenvalue weighted by molar-refractivity contribution is 7.99. The van der Waals surface area contributed by atoms with Crippen LogP contribution in [0, 0.1) is 11.7 Å². The highest BCUT2D eigenvalue weighted by Gasteiger charge is 2.34. The van der Waals surface area contributed by atoms with Gasteiger partial charge in [-0.2, -0.15) is 11.8 Å². The van der Waals surface area contributed by atoms with Gasteiger partial charge in [0, 0.05) is 24.9 Å². The van der Waals surface area contributed by atoms with Gasteiger partial charge in [-0.1, -0.05) is 24.3 Å². The van der Waals surface area contributed by atoms with Crippen LogP contribution in [0.5, 0.6) is 0 Å². The van der Waals surface area contributed by atoms with Gasteiger partial charge in [0.25, 0.3) is 5.91 Å². The van der Waals surface area contributed by atoms with Crippen molar-refractivity contribution >= 4 is 29.0 Å². The van der Waals surface area contributed by atoms with Gasteiger partial charge in [0.15, 0.2) is 0 Å². The summed E-state index contributed by atoms with van der Waals surface area (Å²) in [6.07, 6.45) is 4.01.